The minimum Gasteiger partial charge on any atom is -0.398 e. The number of benzene rings is 1. The Labute approximate surface area is 172 Å². The third kappa shape index (κ3) is 4.93. The SMILES string of the molecule is CC(C(=O)NCc1ccc(C(F)(F)F)nc1N1CCCC1)c1ccc(N)c(Cl)c1. The van der Waals surface area contributed by atoms with Crippen LogP contribution in [0.3, 0.4) is 0 Å². The highest BCUT2D eigenvalue weighted by molar-refractivity contribution is 6.33. The normalized spacial score (nSPS) is 15.4. The molecule has 1 saturated heterocycles. The Kier molecular flexibility index (Phi) is 6.21. The van der Waals surface area contributed by atoms with Crippen molar-refractivity contribution in [2.75, 3.05) is 23.7 Å². The lowest BCUT2D eigenvalue weighted by molar-refractivity contribution is -0.141. The maximum atomic E-state index is 13.1. The number of alkyl halides is 3. The highest BCUT2D eigenvalue weighted by atomic mass is 35.5. The Balaban J connectivity index is 1.76. The molecule has 2 aromatic rings. The standard InChI is InChI=1S/C20H22ClF3N4O/c1-12(13-4-6-16(25)15(21)10-13)19(29)26-11-14-5-7-17(20(22,23)24)27-18(14)28-8-2-3-9-28/h4-7,10,12H,2-3,8-9,11,25H2,1H3,(H,26,29). The quantitative estimate of drug-likeness (QED) is 0.697. The molecular weight excluding hydrogens is 405 g/mol. The van der Waals surface area contributed by atoms with E-state index in [9.17, 15) is 18.0 Å². The van der Waals surface area contributed by atoms with Crippen LogP contribution in [0.1, 0.15) is 42.5 Å². The van der Waals surface area contributed by atoms with Crippen LogP contribution in [-0.2, 0) is 17.5 Å². The van der Waals surface area contributed by atoms with Crippen LogP contribution in [0.25, 0.3) is 0 Å². The number of carbonyl (C=O) groups excluding carboxylic acids is 1. The summed E-state index contributed by atoms with van der Waals surface area (Å²) in [6.07, 6.45) is -2.71. The van der Waals surface area contributed by atoms with Crippen LogP contribution < -0.4 is 16.0 Å². The third-order valence-corrected chi connectivity index (χ3v) is 5.35. The van der Waals surface area contributed by atoms with Crippen molar-refractivity contribution in [3.05, 3.63) is 52.2 Å². The Hall–Kier alpha value is -2.48. The Bertz CT molecular complexity index is 898. The predicted molar refractivity (Wildman–Crippen MR) is 107 cm³/mol. The first-order valence-corrected chi connectivity index (χ1v) is 9.69. The van der Waals surface area contributed by atoms with E-state index in [2.05, 4.69) is 10.3 Å². The molecule has 3 N–H and O–H groups in total. The number of rotatable bonds is 5. The molecule has 0 spiro atoms. The van der Waals surface area contributed by atoms with Crippen molar-refractivity contribution in [3.8, 4) is 0 Å². The molecule has 0 bridgehead atoms. The lowest BCUT2D eigenvalue weighted by Gasteiger charge is -2.22. The first-order chi connectivity index (χ1) is 13.7. The average molecular weight is 427 g/mol. The van der Waals surface area contributed by atoms with Gasteiger partial charge >= 0.3 is 6.18 Å². The van der Waals surface area contributed by atoms with Crippen LogP contribution in [0.4, 0.5) is 24.7 Å². The van der Waals surface area contributed by atoms with Crippen LogP contribution in [0.15, 0.2) is 30.3 Å². The van der Waals surface area contributed by atoms with E-state index < -0.39 is 17.8 Å². The second-order valence-corrected chi connectivity index (χ2v) is 7.50. The first-order valence-electron chi connectivity index (χ1n) is 9.31. The summed E-state index contributed by atoms with van der Waals surface area (Å²) in [6.45, 7) is 3.11. The highest BCUT2D eigenvalue weighted by Gasteiger charge is 2.34. The number of hydrogen-bond donors (Lipinski definition) is 2. The number of nitrogens with zero attached hydrogens (tertiary/aromatic N) is 2. The van der Waals surface area contributed by atoms with Crippen molar-refractivity contribution >= 4 is 29.0 Å². The summed E-state index contributed by atoms with van der Waals surface area (Å²) in [5.74, 6) is -0.482. The molecule has 1 amide bonds. The van der Waals surface area contributed by atoms with Crippen molar-refractivity contribution in [1.82, 2.24) is 10.3 Å². The van der Waals surface area contributed by atoms with E-state index >= 15 is 0 Å². The fraction of sp³-hybridized carbons (Fsp3) is 0.400. The number of pyridine rings is 1. The van der Waals surface area contributed by atoms with Gasteiger partial charge in [0.1, 0.15) is 11.5 Å². The summed E-state index contributed by atoms with van der Waals surface area (Å²) in [4.78, 5) is 18.3. The third-order valence-electron chi connectivity index (χ3n) is 5.02. The van der Waals surface area contributed by atoms with E-state index in [-0.39, 0.29) is 18.3 Å². The van der Waals surface area contributed by atoms with Crippen molar-refractivity contribution in [2.24, 2.45) is 0 Å². The number of amides is 1. The van der Waals surface area contributed by atoms with Gasteiger partial charge in [-0.1, -0.05) is 23.7 Å². The molecule has 1 aromatic carbocycles. The van der Waals surface area contributed by atoms with E-state index in [4.69, 9.17) is 17.3 Å². The number of hydrogen-bond acceptors (Lipinski definition) is 4. The number of carbonyl (C=O) groups is 1. The van der Waals surface area contributed by atoms with Crippen molar-refractivity contribution in [1.29, 1.82) is 0 Å². The fourth-order valence-electron chi connectivity index (χ4n) is 3.28. The Morgan fingerprint density at radius 2 is 1.97 bits per heavy atom. The van der Waals surface area contributed by atoms with Gasteiger partial charge in [-0.2, -0.15) is 13.2 Å². The summed E-state index contributed by atoms with van der Waals surface area (Å²) < 4.78 is 39.3. The molecule has 0 aliphatic carbocycles. The van der Waals surface area contributed by atoms with E-state index in [1.807, 2.05) is 4.90 Å². The van der Waals surface area contributed by atoms with Crippen LogP contribution in [0.5, 0.6) is 0 Å². The van der Waals surface area contributed by atoms with Gasteiger partial charge in [-0.25, -0.2) is 4.98 Å². The fourth-order valence-corrected chi connectivity index (χ4v) is 3.46. The summed E-state index contributed by atoms with van der Waals surface area (Å²) in [6, 6.07) is 7.32. The number of nitrogens with one attached hydrogen (secondary N) is 1. The molecule has 1 atom stereocenters. The van der Waals surface area contributed by atoms with Crippen LogP contribution in [0.2, 0.25) is 5.02 Å². The topological polar surface area (TPSA) is 71.2 Å². The monoisotopic (exact) mass is 426 g/mol. The highest BCUT2D eigenvalue weighted by Crippen LogP contribution is 2.32. The van der Waals surface area contributed by atoms with Gasteiger partial charge in [0.2, 0.25) is 5.91 Å². The molecule has 5 nitrogen and oxygen atoms in total. The smallest absolute Gasteiger partial charge is 0.398 e. The molecule has 1 unspecified atom stereocenters. The number of anilines is 2. The van der Waals surface area contributed by atoms with Crippen LogP contribution in [0, 0.1) is 0 Å². The minimum absolute atomic E-state index is 0.0862. The molecule has 3 rings (SSSR count). The first kappa shape index (κ1) is 21.2. The molecule has 9 heteroatoms. The van der Waals surface area contributed by atoms with Gasteiger partial charge in [0, 0.05) is 25.2 Å². The summed E-state index contributed by atoms with van der Waals surface area (Å²) in [5, 5.41) is 3.16. The number of nitrogens with two attached hydrogens (primary N) is 1. The Morgan fingerprint density at radius 3 is 2.59 bits per heavy atom. The maximum absolute atomic E-state index is 13.1. The lowest BCUT2D eigenvalue weighted by Crippen LogP contribution is -2.29. The summed E-state index contributed by atoms with van der Waals surface area (Å²) >= 11 is 6.02. The molecule has 2 heterocycles. The van der Waals surface area contributed by atoms with Crippen molar-refractivity contribution in [2.45, 2.75) is 38.4 Å². The van der Waals surface area contributed by atoms with Crippen LogP contribution in [-0.4, -0.2) is 24.0 Å². The zero-order valence-electron chi connectivity index (χ0n) is 15.9. The molecule has 1 aliphatic heterocycles. The molecule has 1 aliphatic rings. The number of aromatic nitrogens is 1. The lowest BCUT2D eigenvalue weighted by atomic mass is 10.00. The summed E-state index contributed by atoms with van der Waals surface area (Å²) in [7, 11) is 0. The molecule has 0 saturated carbocycles. The molecule has 1 aromatic heterocycles. The zero-order chi connectivity index (χ0) is 21.2. The van der Waals surface area contributed by atoms with E-state index in [1.54, 1.807) is 25.1 Å². The molecule has 1 fully saturated rings. The van der Waals surface area contributed by atoms with E-state index in [0.717, 1.165) is 18.9 Å². The van der Waals surface area contributed by atoms with E-state index in [0.29, 0.717) is 34.9 Å². The van der Waals surface area contributed by atoms with Gasteiger partial charge in [0.05, 0.1) is 16.6 Å². The number of halogens is 4. The predicted octanol–water partition coefficient (Wildman–Crippen LogP) is 4.36. The van der Waals surface area contributed by atoms with Gasteiger partial charge in [0.25, 0.3) is 0 Å². The maximum Gasteiger partial charge on any atom is 0.433 e. The average Bonchev–Trinajstić information content (AvgIpc) is 3.21. The second-order valence-electron chi connectivity index (χ2n) is 7.09. The molecular formula is C20H22ClF3N4O. The van der Waals surface area contributed by atoms with Gasteiger partial charge in [0.15, 0.2) is 0 Å². The van der Waals surface area contributed by atoms with Gasteiger partial charge in [-0.05, 0) is 43.5 Å². The van der Waals surface area contributed by atoms with Gasteiger partial charge < -0.3 is 16.0 Å². The van der Waals surface area contributed by atoms with Gasteiger partial charge in [-0.15, -0.1) is 0 Å². The second kappa shape index (κ2) is 8.49. The van der Waals surface area contributed by atoms with Crippen molar-refractivity contribution < 1.29 is 18.0 Å². The largest absolute Gasteiger partial charge is 0.433 e. The van der Waals surface area contributed by atoms with Crippen LogP contribution >= 0.6 is 11.6 Å². The van der Waals surface area contributed by atoms with Gasteiger partial charge in [-0.3, -0.25) is 4.79 Å². The number of nitrogen functional groups attached to an aromatic ring is 1. The zero-order valence-corrected chi connectivity index (χ0v) is 16.6. The molecule has 156 valence electrons. The summed E-state index contributed by atoms with van der Waals surface area (Å²) in [5.41, 5.74) is 6.44. The minimum atomic E-state index is -4.51. The van der Waals surface area contributed by atoms with Crippen molar-refractivity contribution in [3.63, 3.8) is 0 Å². The molecule has 29 heavy (non-hydrogen) atoms. The molecule has 0 radical (unpaired) electrons. The Morgan fingerprint density at radius 1 is 1.28 bits per heavy atom. The van der Waals surface area contributed by atoms with E-state index in [1.165, 1.54) is 6.07 Å².